The van der Waals surface area contributed by atoms with Crippen LogP contribution in [0.3, 0.4) is 0 Å². The number of para-hydroxylation sites is 1. The van der Waals surface area contributed by atoms with E-state index in [0.717, 1.165) is 0 Å². The number of rotatable bonds is 5. The quantitative estimate of drug-likeness (QED) is 0.705. The molecule has 1 atom stereocenters. The fourth-order valence-electron chi connectivity index (χ4n) is 5.45. The van der Waals surface area contributed by atoms with Gasteiger partial charge in [-0.1, -0.05) is 17.3 Å². The number of likely N-dealkylation sites (tertiary alicyclic amines) is 1. The van der Waals surface area contributed by atoms with Crippen LogP contribution in [0, 0.1) is 12.8 Å². The number of anilines is 2. The first-order valence-electron chi connectivity index (χ1n) is 12.0. The Hall–Kier alpha value is -3.69. The molecule has 3 aliphatic rings. The minimum absolute atomic E-state index is 0.00935. The molecule has 0 spiro atoms. The molecule has 4 heterocycles. The van der Waals surface area contributed by atoms with E-state index in [9.17, 15) is 19.2 Å². The van der Waals surface area contributed by atoms with Gasteiger partial charge in [0.2, 0.25) is 17.7 Å². The lowest BCUT2D eigenvalue weighted by Crippen LogP contribution is -2.62. The Kier molecular flexibility index (Phi) is 5.82. The van der Waals surface area contributed by atoms with Crippen molar-refractivity contribution in [2.24, 2.45) is 5.92 Å². The van der Waals surface area contributed by atoms with Crippen molar-refractivity contribution in [1.82, 2.24) is 15.0 Å². The summed E-state index contributed by atoms with van der Waals surface area (Å²) in [5.74, 6) is 0.476. The van der Waals surface area contributed by atoms with Crippen LogP contribution in [0.1, 0.15) is 55.1 Å². The van der Waals surface area contributed by atoms with Crippen LogP contribution < -0.4 is 10.2 Å². The van der Waals surface area contributed by atoms with E-state index < -0.39 is 5.66 Å². The lowest BCUT2D eigenvalue weighted by molar-refractivity contribution is -0.134. The molecule has 2 fully saturated rings. The number of hydrogen-bond donors (Lipinski definition) is 1. The second-order valence-electron chi connectivity index (χ2n) is 9.64. The molecule has 10 heteroatoms. The Bertz CT molecular complexity index is 1180. The summed E-state index contributed by atoms with van der Waals surface area (Å²) in [5.41, 5.74) is 0.362. The molecule has 0 radical (unpaired) electrons. The summed E-state index contributed by atoms with van der Waals surface area (Å²) in [6, 6.07) is 8.81. The van der Waals surface area contributed by atoms with Crippen molar-refractivity contribution in [3.63, 3.8) is 0 Å². The summed E-state index contributed by atoms with van der Waals surface area (Å²) in [4.78, 5) is 56.7. The van der Waals surface area contributed by atoms with Gasteiger partial charge in [0.15, 0.2) is 5.82 Å². The second-order valence-corrected chi connectivity index (χ2v) is 9.64. The summed E-state index contributed by atoms with van der Waals surface area (Å²) in [6.45, 7) is 4.85. The van der Waals surface area contributed by atoms with E-state index in [0.29, 0.717) is 61.6 Å². The largest absolute Gasteiger partial charge is 0.360 e. The predicted octanol–water partition coefficient (Wildman–Crippen LogP) is 2.55. The Morgan fingerprint density at radius 3 is 2.66 bits per heavy atom. The van der Waals surface area contributed by atoms with Gasteiger partial charge in [-0.25, -0.2) is 0 Å². The van der Waals surface area contributed by atoms with E-state index in [1.165, 1.54) is 0 Å². The molecular formula is C25H29N5O5. The number of carbonyl (C=O) groups excluding carboxylic acids is 4. The first kappa shape index (κ1) is 23.1. The highest BCUT2D eigenvalue weighted by molar-refractivity contribution is 6.10. The van der Waals surface area contributed by atoms with Crippen molar-refractivity contribution in [3.05, 3.63) is 41.7 Å². The van der Waals surface area contributed by atoms with E-state index in [1.54, 1.807) is 45.9 Å². The van der Waals surface area contributed by atoms with Gasteiger partial charge in [0.1, 0.15) is 11.4 Å². The van der Waals surface area contributed by atoms with Crippen LogP contribution in [-0.2, 0) is 14.4 Å². The predicted molar refractivity (Wildman–Crippen MR) is 126 cm³/mol. The molecule has 0 bridgehead atoms. The first-order chi connectivity index (χ1) is 16.8. The normalized spacial score (nSPS) is 22.3. The molecule has 5 rings (SSSR count). The Morgan fingerprint density at radius 2 is 1.94 bits per heavy atom. The van der Waals surface area contributed by atoms with Crippen LogP contribution in [0.2, 0.25) is 0 Å². The van der Waals surface area contributed by atoms with E-state index >= 15 is 0 Å². The molecule has 0 saturated carbocycles. The van der Waals surface area contributed by atoms with E-state index in [4.69, 9.17) is 4.52 Å². The molecule has 1 aromatic heterocycles. The third-order valence-electron chi connectivity index (χ3n) is 7.39. The third kappa shape index (κ3) is 4.06. The van der Waals surface area contributed by atoms with Gasteiger partial charge in [-0.2, -0.15) is 0 Å². The fourth-order valence-corrected chi connectivity index (χ4v) is 5.45. The zero-order valence-corrected chi connectivity index (χ0v) is 20.0. The molecule has 10 nitrogen and oxygen atoms in total. The number of nitrogens with zero attached hydrogens (tertiary/aromatic N) is 4. The highest BCUT2D eigenvalue weighted by atomic mass is 16.5. The number of aromatic nitrogens is 1. The fraction of sp³-hybridized carbons (Fsp3) is 0.480. The van der Waals surface area contributed by atoms with Gasteiger partial charge in [0.05, 0.1) is 11.3 Å². The Balaban J connectivity index is 1.19. The first-order valence-corrected chi connectivity index (χ1v) is 12.0. The van der Waals surface area contributed by atoms with Gasteiger partial charge in [-0.05, 0) is 45.2 Å². The number of aryl methyl sites for hydroxylation is 1. The molecule has 0 aliphatic carbocycles. The number of carbonyl (C=O) groups is 4. The number of benzene rings is 1. The number of piperidine rings is 1. The van der Waals surface area contributed by atoms with Crippen LogP contribution in [0.15, 0.2) is 34.9 Å². The van der Waals surface area contributed by atoms with Crippen molar-refractivity contribution in [1.29, 1.82) is 0 Å². The second kappa shape index (κ2) is 8.83. The summed E-state index contributed by atoms with van der Waals surface area (Å²) >= 11 is 0. The van der Waals surface area contributed by atoms with Crippen LogP contribution in [0.25, 0.3) is 0 Å². The summed E-state index contributed by atoms with van der Waals surface area (Å²) in [5, 5.41) is 6.55. The molecule has 2 saturated heterocycles. The highest BCUT2D eigenvalue weighted by Crippen LogP contribution is 2.44. The lowest BCUT2D eigenvalue weighted by Gasteiger charge is -2.48. The van der Waals surface area contributed by atoms with Crippen molar-refractivity contribution < 1.29 is 23.7 Å². The Labute approximate surface area is 203 Å². The van der Waals surface area contributed by atoms with Crippen molar-refractivity contribution in [2.45, 2.75) is 51.6 Å². The molecule has 3 aliphatic heterocycles. The van der Waals surface area contributed by atoms with Gasteiger partial charge >= 0.3 is 0 Å². The monoisotopic (exact) mass is 479 g/mol. The van der Waals surface area contributed by atoms with Crippen LogP contribution in [0.4, 0.5) is 11.5 Å². The van der Waals surface area contributed by atoms with E-state index in [2.05, 4.69) is 10.5 Å². The average Bonchev–Trinajstić information content (AvgIpc) is 3.40. The maximum absolute atomic E-state index is 13.3. The van der Waals surface area contributed by atoms with Gasteiger partial charge in [0, 0.05) is 44.5 Å². The molecule has 1 aromatic carbocycles. The van der Waals surface area contributed by atoms with Gasteiger partial charge in [-0.15, -0.1) is 0 Å². The van der Waals surface area contributed by atoms with Crippen molar-refractivity contribution in [2.75, 3.05) is 29.9 Å². The topological polar surface area (TPSA) is 116 Å². The van der Waals surface area contributed by atoms with Gasteiger partial charge in [-0.3, -0.25) is 24.1 Å². The summed E-state index contributed by atoms with van der Waals surface area (Å²) < 4.78 is 4.98. The number of hydrogen-bond acceptors (Lipinski definition) is 6. The number of amides is 4. The highest BCUT2D eigenvalue weighted by Gasteiger charge is 2.52. The van der Waals surface area contributed by atoms with E-state index in [-0.39, 0.29) is 42.5 Å². The van der Waals surface area contributed by atoms with Crippen molar-refractivity contribution in [3.8, 4) is 0 Å². The zero-order chi connectivity index (χ0) is 24.7. The molecular weight excluding hydrogens is 450 g/mol. The average molecular weight is 480 g/mol. The summed E-state index contributed by atoms with van der Waals surface area (Å²) in [7, 11) is 0. The van der Waals surface area contributed by atoms with Gasteiger partial charge < -0.3 is 19.6 Å². The zero-order valence-electron chi connectivity index (χ0n) is 20.0. The lowest BCUT2D eigenvalue weighted by atomic mass is 9.95. The minimum Gasteiger partial charge on any atom is -0.360 e. The number of fused-ring (bicyclic) bond motifs is 3. The standard InChI is InChI=1S/C25H29N5O5/c1-16-15-20(27-35-16)26-23(33)17-8-12-28(13-9-17)21(31)10-14-29-24(34)18-5-3-4-6-19(18)30-22(32)7-11-25(29,30)2/h3-6,15,17H,7-14H2,1-2H3,(H,26,27,33). The van der Waals surface area contributed by atoms with Crippen LogP contribution in [-0.4, -0.2) is 63.9 Å². The molecule has 4 amide bonds. The minimum atomic E-state index is -0.770. The van der Waals surface area contributed by atoms with Crippen LogP contribution >= 0.6 is 0 Å². The SMILES string of the molecule is Cc1cc(NC(=O)C2CCN(C(=O)CCN3C(=O)c4ccccc4N4C(=O)CCC34C)CC2)no1. The molecule has 1 N–H and O–H groups in total. The summed E-state index contributed by atoms with van der Waals surface area (Å²) in [6.07, 6.45) is 2.19. The molecule has 35 heavy (non-hydrogen) atoms. The maximum atomic E-state index is 13.3. The Morgan fingerprint density at radius 1 is 1.20 bits per heavy atom. The third-order valence-corrected chi connectivity index (χ3v) is 7.39. The molecule has 2 aromatic rings. The molecule has 1 unspecified atom stereocenters. The number of nitrogens with one attached hydrogen (secondary N) is 1. The van der Waals surface area contributed by atoms with Crippen molar-refractivity contribution >= 4 is 35.1 Å². The maximum Gasteiger partial charge on any atom is 0.257 e. The smallest absolute Gasteiger partial charge is 0.257 e. The van der Waals surface area contributed by atoms with Gasteiger partial charge in [0.25, 0.3) is 5.91 Å². The molecule has 184 valence electrons. The van der Waals surface area contributed by atoms with E-state index in [1.807, 2.05) is 13.0 Å². The van der Waals surface area contributed by atoms with Crippen LogP contribution in [0.5, 0.6) is 0 Å².